The second-order valence-corrected chi connectivity index (χ2v) is 6.99. The second-order valence-electron chi connectivity index (χ2n) is 6.17. The summed E-state index contributed by atoms with van der Waals surface area (Å²) in [5.74, 6) is -0.0512. The van der Waals surface area contributed by atoms with Crippen molar-refractivity contribution in [3.63, 3.8) is 0 Å². The van der Waals surface area contributed by atoms with E-state index in [0.29, 0.717) is 10.0 Å². The molecule has 3 nitrogen and oxygen atoms in total. The standard InChI is InChI=1S/C16H19Cl2NO2/c17-12-6-5-10(9-13(12)18)16(7-2-8-16)15(20)11-3-1-4-14(11)19-21/h5-6,9,11,15,20-21H,1-4,7-8H2/t11?,15-/m1/s1. The highest BCUT2D eigenvalue weighted by atomic mass is 35.5. The number of benzene rings is 1. The lowest BCUT2D eigenvalue weighted by Crippen LogP contribution is -2.50. The van der Waals surface area contributed by atoms with Gasteiger partial charge in [-0.15, -0.1) is 0 Å². The van der Waals surface area contributed by atoms with Crippen molar-refractivity contribution in [2.75, 3.05) is 0 Å². The van der Waals surface area contributed by atoms with E-state index >= 15 is 0 Å². The van der Waals surface area contributed by atoms with E-state index < -0.39 is 6.10 Å². The quantitative estimate of drug-likeness (QED) is 0.638. The lowest BCUT2D eigenvalue weighted by atomic mass is 9.58. The predicted molar refractivity (Wildman–Crippen MR) is 84.6 cm³/mol. The summed E-state index contributed by atoms with van der Waals surface area (Å²) in [4.78, 5) is 0. The van der Waals surface area contributed by atoms with E-state index in [2.05, 4.69) is 5.16 Å². The van der Waals surface area contributed by atoms with Gasteiger partial charge >= 0.3 is 0 Å². The number of nitrogens with zero attached hydrogens (tertiary/aromatic N) is 1. The fourth-order valence-electron chi connectivity index (χ4n) is 3.82. The van der Waals surface area contributed by atoms with Crippen LogP contribution in [0.3, 0.4) is 0 Å². The van der Waals surface area contributed by atoms with Gasteiger partial charge in [0.05, 0.1) is 21.9 Å². The molecule has 5 heteroatoms. The Morgan fingerprint density at radius 2 is 1.95 bits per heavy atom. The third-order valence-electron chi connectivity index (χ3n) is 5.19. The van der Waals surface area contributed by atoms with Gasteiger partial charge in [-0.2, -0.15) is 0 Å². The molecule has 2 atom stereocenters. The van der Waals surface area contributed by atoms with Crippen LogP contribution in [0.4, 0.5) is 0 Å². The molecule has 1 aromatic rings. The third-order valence-corrected chi connectivity index (χ3v) is 5.93. The summed E-state index contributed by atoms with van der Waals surface area (Å²) in [6.07, 6.45) is 5.05. The topological polar surface area (TPSA) is 52.8 Å². The minimum absolute atomic E-state index is 0.0512. The molecule has 0 radical (unpaired) electrons. The first-order chi connectivity index (χ1) is 10.1. The Balaban J connectivity index is 1.94. The van der Waals surface area contributed by atoms with Gasteiger partial charge in [0.1, 0.15) is 0 Å². The van der Waals surface area contributed by atoms with Crippen molar-refractivity contribution in [2.24, 2.45) is 11.1 Å². The smallest absolute Gasteiger partial charge is 0.0718 e. The Hall–Kier alpha value is -0.770. The zero-order valence-electron chi connectivity index (χ0n) is 11.7. The molecule has 0 saturated heterocycles. The monoisotopic (exact) mass is 327 g/mol. The predicted octanol–water partition coefficient (Wildman–Crippen LogP) is 4.41. The van der Waals surface area contributed by atoms with E-state index in [9.17, 15) is 5.11 Å². The molecular formula is C16H19Cl2NO2. The Bertz CT molecular complexity index is 569. The maximum atomic E-state index is 11.0. The fraction of sp³-hybridized carbons (Fsp3) is 0.562. The molecular weight excluding hydrogens is 309 g/mol. The van der Waals surface area contributed by atoms with Crippen molar-refractivity contribution >= 4 is 28.9 Å². The summed E-state index contributed by atoms with van der Waals surface area (Å²) in [5, 5.41) is 24.5. The van der Waals surface area contributed by atoms with Gasteiger partial charge in [-0.25, -0.2) is 0 Å². The van der Waals surface area contributed by atoms with Gasteiger partial charge in [0.25, 0.3) is 0 Å². The number of aliphatic hydroxyl groups is 1. The van der Waals surface area contributed by atoms with Crippen molar-refractivity contribution in [1.82, 2.24) is 0 Å². The molecule has 0 amide bonds. The van der Waals surface area contributed by atoms with Crippen molar-refractivity contribution in [1.29, 1.82) is 0 Å². The molecule has 2 saturated carbocycles. The van der Waals surface area contributed by atoms with E-state index in [1.165, 1.54) is 0 Å². The summed E-state index contributed by atoms with van der Waals surface area (Å²) in [5.41, 5.74) is 1.49. The molecule has 2 fully saturated rings. The van der Waals surface area contributed by atoms with Crippen molar-refractivity contribution in [3.05, 3.63) is 33.8 Å². The number of halogens is 2. The van der Waals surface area contributed by atoms with Crippen LogP contribution in [-0.4, -0.2) is 22.1 Å². The number of hydrogen-bond donors (Lipinski definition) is 2. The van der Waals surface area contributed by atoms with Crippen LogP contribution in [0.5, 0.6) is 0 Å². The SMILES string of the molecule is ON=C1CCCC1[C@@H](O)C1(c2ccc(Cl)c(Cl)c2)CCC1. The minimum Gasteiger partial charge on any atom is -0.411 e. The number of oxime groups is 1. The summed E-state index contributed by atoms with van der Waals surface area (Å²) >= 11 is 12.1. The summed E-state index contributed by atoms with van der Waals surface area (Å²) in [7, 11) is 0. The Kier molecular flexibility index (Phi) is 4.17. The maximum Gasteiger partial charge on any atom is 0.0718 e. The molecule has 2 aliphatic carbocycles. The number of hydrogen-bond acceptors (Lipinski definition) is 3. The molecule has 0 aliphatic heterocycles. The minimum atomic E-state index is -0.531. The summed E-state index contributed by atoms with van der Waals surface area (Å²) in [6.45, 7) is 0. The van der Waals surface area contributed by atoms with Crippen LogP contribution in [0.25, 0.3) is 0 Å². The highest BCUT2D eigenvalue weighted by molar-refractivity contribution is 6.42. The Labute approximate surface area is 134 Å². The lowest BCUT2D eigenvalue weighted by Gasteiger charge is -2.48. The van der Waals surface area contributed by atoms with Gasteiger partial charge in [-0.1, -0.05) is 40.8 Å². The molecule has 0 heterocycles. The van der Waals surface area contributed by atoms with Crippen LogP contribution in [0.2, 0.25) is 10.0 Å². The van der Waals surface area contributed by atoms with E-state index in [1.807, 2.05) is 12.1 Å². The van der Waals surface area contributed by atoms with E-state index in [-0.39, 0.29) is 11.3 Å². The largest absolute Gasteiger partial charge is 0.411 e. The Morgan fingerprint density at radius 3 is 2.52 bits per heavy atom. The Morgan fingerprint density at radius 1 is 1.19 bits per heavy atom. The van der Waals surface area contributed by atoms with Gasteiger partial charge < -0.3 is 10.3 Å². The molecule has 1 unspecified atom stereocenters. The summed E-state index contributed by atoms with van der Waals surface area (Å²) in [6, 6.07) is 5.62. The zero-order valence-corrected chi connectivity index (χ0v) is 13.2. The molecule has 114 valence electrons. The van der Waals surface area contributed by atoms with Crippen LogP contribution in [0, 0.1) is 5.92 Å². The molecule has 3 rings (SSSR count). The molecule has 0 aromatic heterocycles. The molecule has 2 N–H and O–H groups in total. The number of aliphatic hydroxyl groups excluding tert-OH is 1. The maximum absolute atomic E-state index is 11.0. The van der Waals surface area contributed by atoms with Gasteiger partial charge in [0, 0.05) is 11.3 Å². The first-order valence-corrected chi connectivity index (χ1v) is 8.18. The normalized spacial score (nSPS) is 27.6. The second kappa shape index (κ2) is 5.79. The number of rotatable bonds is 3. The van der Waals surface area contributed by atoms with E-state index in [4.69, 9.17) is 28.4 Å². The van der Waals surface area contributed by atoms with Gasteiger partial charge in [0.2, 0.25) is 0 Å². The van der Waals surface area contributed by atoms with Gasteiger partial charge in [0.15, 0.2) is 0 Å². The van der Waals surface area contributed by atoms with Crippen molar-refractivity contribution in [2.45, 2.75) is 50.0 Å². The average Bonchev–Trinajstić information content (AvgIpc) is 2.89. The first-order valence-electron chi connectivity index (χ1n) is 7.43. The van der Waals surface area contributed by atoms with Crippen LogP contribution in [0.15, 0.2) is 23.4 Å². The first kappa shape index (κ1) is 15.1. The lowest BCUT2D eigenvalue weighted by molar-refractivity contribution is 0.00422. The van der Waals surface area contributed by atoms with Crippen LogP contribution < -0.4 is 0 Å². The molecule has 21 heavy (non-hydrogen) atoms. The molecule has 0 spiro atoms. The highest BCUT2D eigenvalue weighted by Gasteiger charge is 2.49. The zero-order chi connectivity index (χ0) is 15.0. The van der Waals surface area contributed by atoms with Crippen molar-refractivity contribution < 1.29 is 10.3 Å². The highest BCUT2D eigenvalue weighted by Crippen LogP contribution is 2.51. The van der Waals surface area contributed by atoms with Gasteiger partial charge in [-0.3, -0.25) is 0 Å². The van der Waals surface area contributed by atoms with Crippen molar-refractivity contribution in [3.8, 4) is 0 Å². The fourth-order valence-corrected chi connectivity index (χ4v) is 4.12. The van der Waals surface area contributed by atoms with Gasteiger partial charge in [-0.05, 0) is 49.8 Å². The molecule has 2 aliphatic rings. The summed E-state index contributed by atoms with van der Waals surface area (Å²) < 4.78 is 0. The van der Waals surface area contributed by atoms with Crippen LogP contribution in [-0.2, 0) is 5.41 Å². The van der Waals surface area contributed by atoms with E-state index in [0.717, 1.165) is 49.8 Å². The van der Waals surface area contributed by atoms with Crippen LogP contribution in [0.1, 0.15) is 44.1 Å². The third kappa shape index (κ3) is 2.45. The van der Waals surface area contributed by atoms with E-state index in [1.54, 1.807) is 6.07 Å². The molecule has 1 aromatic carbocycles. The molecule has 0 bridgehead atoms. The average molecular weight is 328 g/mol. The van der Waals surface area contributed by atoms with Crippen LogP contribution >= 0.6 is 23.2 Å².